The highest BCUT2D eigenvalue weighted by Gasteiger charge is 2.27. The summed E-state index contributed by atoms with van der Waals surface area (Å²) in [7, 11) is 0. The minimum Gasteiger partial charge on any atom is -0.333 e. The molecule has 1 N–H and O–H groups in total. The Labute approximate surface area is 162 Å². The first-order chi connectivity index (χ1) is 13.5. The van der Waals surface area contributed by atoms with Crippen LogP contribution in [0.2, 0.25) is 0 Å². The number of fused-ring (bicyclic) bond motifs is 1. The van der Waals surface area contributed by atoms with Gasteiger partial charge in [-0.05, 0) is 24.3 Å². The average molecular weight is 400 g/mol. The molecule has 142 valence electrons. The zero-order valence-corrected chi connectivity index (χ0v) is 15.3. The molecule has 2 amide bonds. The SMILES string of the molecule is O=C(Nc1nc2c(s1)CN(C(=O)c1ccc(F)cc1F)CC2)c1ccccn1. The van der Waals surface area contributed by atoms with E-state index in [1.165, 1.54) is 22.4 Å². The summed E-state index contributed by atoms with van der Waals surface area (Å²) in [6.45, 7) is 0.613. The standard InChI is InChI=1S/C19H14F2N4O2S/c20-11-4-5-12(13(21)9-11)18(27)25-8-6-14-16(10-25)28-19(23-14)24-17(26)15-3-1-2-7-22-15/h1-5,7,9H,6,8,10H2,(H,23,24,26). The van der Waals surface area contributed by atoms with Gasteiger partial charge >= 0.3 is 0 Å². The van der Waals surface area contributed by atoms with Gasteiger partial charge in [0.1, 0.15) is 17.3 Å². The van der Waals surface area contributed by atoms with Crippen molar-refractivity contribution in [3.05, 3.63) is 76.1 Å². The van der Waals surface area contributed by atoms with Gasteiger partial charge in [0.05, 0.1) is 17.8 Å². The molecule has 0 spiro atoms. The Morgan fingerprint density at radius 1 is 1.18 bits per heavy atom. The Hall–Kier alpha value is -3.20. The minimum atomic E-state index is -0.886. The lowest BCUT2D eigenvalue weighted by Crippen LogP contribution is -2.36. The van der Waals surface area contributed by atoms with E-state index in [1.54, 1.807) is 18.2 Å². The number of nitrogens with zero attached hydrogens (tertiary/aromatic N) is 3. The van der Waals surface area contributed by atoms with Gasteiger partial charge in [0.2, 0.25) is 0 Å². The molecular formula is C19H14F2N4O2S. The van der Waals surface area contributed by atoms with Crippen LogP contribution in [0.4, 0.5) is 13.9 Å². The van der Waals surface area contributed by atoms with Crippen molar-refractivity contribution < 1.29 is 18.4 Å². The van der Waals surface area contributed by atoms with Crippen molar-refractivity contribution in [1.29, 1.82) is 0 Å². The highest BCUT2D eigenvalue weighted by atomic mass is 32.1. The molecule has 0 fully saturated rings. The highest BCUT2D eigenvalue weighted by molar-refractivity contribution is 7.15. The predicted octanol–water partition coefficient (Wildman–Crippen LogP) is 3.27. The largest absolute Gasteiger partial charge is 0.333 e. The lowest BCUT2D eigenvalue weighted by molar-refractivity contribution is 0.0731. The zero-order chi connectivity index (χ0) is 19.7. The molecule has 0 unspecified atom stereocenters. The molecule has 4 rings (SSSR count). The van der Waals surface area contributed by atoms with Gasteiger partial charge < -0.3 is 4.90 Å². The molecule has 0 saturated heterocycles. The number of rotatable bonds is 3. The third-order valence-corrected chi connectivity index (χ3v) is 5.30. The monoisotopic (exact) mass is 400 g/mol. The van der Waals surface area contributed by atoms with Crippen LogP contribution in [0.5, 0.6) is 0 Å². The number of amides is 2. The number of anilines is 1. The van der Waals surface area contributed by atoms with E-state index in [0.29, 0.717) is 24.2 Å². The van der Waals surface area contributed by atoms with Crippen LogP contribution in [0.25, 0.3) is 0 Å². The van der Waals surface area contributed by atoms with Crippen molar-refractivity contribution in [1.82, 2.24) is 14.9 Å². The van der Waals surface area contributed by atoms with E-state index in [2.05, 4.69) is 15.3 Å². The maximum atomic E-state index is 13.9. The lowest BCUT2D eigenvalue weighted by atomic mass is 10.1. The second-order valence-corrected chi connectivity index (χ2v) is 7.24. The van der Waals surface area contributed by atoms with Crippen molar-refractivity contribution in [2.75, 3.05) is 11.9 Å². The molecule has 28 heavy (non-hydrogen) atoms. The summed E-state index contributed by atoms with van der Waals surface area (Å²) in [6, 6.07) is 7.93. The number of carbonyl (C=O) groups excluding carboxylic acids is 2. The number of benzene rings is 1. The van der Waals surface area contributed by atoms with Gasteiger partial charge in [0, 0.05) is 30.1 Å². The molecule has 0 saturated carbocycles. The fourth-order valence-corrected chi connectivity index (χ4v) is 3.93. The number of halogens is 2. The Morgan fingerprint density at radius 2 is 2.04 bits per heavy atom. The second kappa shape index (κ2) is 7.43. The van der Waals surface area contributed by atoms with Crippen LogP contribution in [0.1, 0.15) is 31.4 Å². The summed E-state index contributed by atoms with van der Waals surface area (Å²) in [5, 5.41) is 3.13. The van der Waals surface area contributed by atoms with Crippen LogP contribution in [0, 0.1) is 11.6 Å². The fourth-order valence-electron chi connectivity index (χ4n) is 2.91. The first-order valence-corrected chi connectivity index (χ1v) is 9.28. The molecule has 0 atom stereocenters. The second-order valence-electron chi connectivity index (χ2n) is 6.16. The lowest BCUT2D eigenvalue weighted by Gasteiger charge is -2.26. The van der Waals surface area contributed by atoms with E-state index in [0.717, 1.165) is 22.7 Å². The summed E-state index contributed by atoms with van der Waals surface area (Å²) in [5.41, 5.74) is 0.905. The van der Waals surface area contributed by atoms with Crippen LogP contribution in [-0.4, -0.2) is 33.2 Å². The Morgan fingerprint density at radius 3 is 2.79 bits per heavy atom. The Bertz CT molecular complexity index is 1060. The quantitative estimate of drug-likeness (QED) is 0.732. The van der Waals surface area contributed by atoms with E-state index in [-0.39, 0.29) is 23.7 Å². The first-order valence-electron chi connectivity index (χ1n) is 8.46. The van der Waals surface area contributed by atoms with Crippen molar-refractivity contribution in [2.24, 2.45) is 0 Å². The molecular weight excluding hydrogens is 386 g/mol. The summed E-state index contributed by atoms with van der Waals surface area (Å²) >= 11 is 1.26. The van der Waals surface area contributed by atoms with E-state index >= 15 is 0 Å². The number of nitrogens with one attached hydrogen (secondary N) is 1. The molecule has 1 aliphatic heterocycles. The molecule has 3 aromatic rings. The van der Waals surface area contributed by atoms with Gasteiger partial charge in [-0.2, -0.15) is 0 Å². The molecule has 2 aromatic heterocycles. The third kappa shape index (κ3) is 3.61. The number of thiazole rings is 1. The molecule has 0 aliphatic carbocycles. The summed E-state index contributed by atoms with van der Waals surface area (Å²) < 4.78 is 27.0. The van der Waals surface area contributed by atoms with Gasteiger partial charge in [-0.25, -0.2) is 13.8 Å². The Balaban J connectivity index is 1.48. The van der Waals surface area contributed by atoms with Gasteiger partial charge in [-0.1, -0.05) is 17.4 Å². The number of carbonyl (C=O) groups is 2. The smallest absolute Gasteiger partial charge is 0.276 e. The van der Waals surface area contributed by atoms with E-state index in [9.17, 15) is 18.4 Å². The number of hydrogen-bond donors (Lipinski definition) is 1. The molecule has 1 aliphatic rings. The fraction of sp³-hybridized carbons (Fsp3) is 0.158. The van der Waals surface area contributed by atoms with Gasteiger partial charge in [0.25, 0.3) is 11.8 Å². The minimum absolute atomic E-state index is 0.168. The van der Waals surface area contributed by atoms with Crippen LogP contribution in [0.15, 0.2) is 42.6 Å². The first kappa shape index (κ1) is 18.2. The number of hydrogen-bond acceptors (Lipinski definition) is 5. The highest BCUT2D eigenvalue weighted by Crippen LogP contribution is 2.29. The summed E-state index contributed by atoms with van der Waals surface area (Å²) in [6.07, 6.45) is 2.01. The van der Waals surface area contributed by atoms with Crippen LogP contribution < -0.4 is 5.32 Å². The zero-order valence-electron chi connectivity index (χ0n) is 14.5. The van der Waals surface area contributed by atoms with Crippen molar-refractivity contribution in [3.63, 3.8) is 0 Å². The number of aromatic nitrogens is 2. The maximum absolute atomic E-state index is 13.9. The molecule has 9 heteroatoms. The van der Waals surface area contributed by atoms with Gasteiger partial charge in [-0.3, -0.25) is 19.9 Å². The molecule has 3 heterocycles. The normalized spacial score (nSPS) is 13.1. The number of pyridine rings is 1. The van der Waals surface area contributed by atoms with Gasteiger partial charge in [0.15, 0.2) is 5.13 Å². The van der Waals surface area contributed by atoms with Crippen LogP contribution in [0.3, 0.4) is 0 Å². The topological polar surface area (TPSA) is 75.2 Å². The van der Waals surface area contributed by atoms with Crippen molar-refractivity contribution in [2.45, 2.75) is 13.0 Å². The average Bonchev–Trinajstić information content (AvgIpc) is 3.09. The molecule has 0 radical (unpaired) electrons. The predicted molar refractivity (Wildman–Crippen MR) is 99.1 cm³/mol. The molecule has 1 aromatic carbocycles. The summed E-state index contributed by atoms with van der Waals surface area (Å²) in [4.78, 5) is 35.5. The molecule has 6 nitrogen and oxygen atoms in total. The van der Waals surface area contributed by atoms with E-state index in [1.807, 2.05) is 0 Å². The Kier molecular flexibility index (Phi) is 4.82. The van der Waals surface area contributed by atoms with Crippen molar-refractivity contribution >= 4 is 28.3 Å². The van der Waals surface area contributed by atoms with E-state index in [4.69, 9.17) is 0 Å². The van der Waals surface area contributed by atoms with E-state index < -0.39 is 17.5 Å². The van der Waals surface area contributed by atoms with Gasteiger partial charge in [-0.15, -0.1) is 0 Å². The maximum Gasteiger partial charge on any atom is 0.276 e. The van der Waals surface area contributed by atoms with Crippen molar-refractivity contribution in [3.8, 4) is 0 Å². The third-order valence-electron chi connectivity index (χ3n) is 4.30. The molecule has 0 bridgehead atoms. The summed E-state index contributed by atoms with van der Waals surface area (Å²) in [5.74, 6) is -2.49. The van der Waals surface area contributed by atoms with Crippen LogP contribution >= 0.6 is 11.3 Å². The van der Waals surface area contributed by atoms with Crippen LogP contribution in [-0.2, 0) is 13.0 Å².